The van der Waals surface area contributed by atoms with E-state index in [0.717, 1.165) is 6.07 Å². The van der Waals surface area contributed by atoms with Crippen molar-refractivity contribution in [2.45, 2.75) is 27.0 Å². The summed E-state index contributed by atoms with van der Waals surface area (Å²) in [5, 5.41) is 12.6. The second-order valence-corrected chi connectivity index (χ2v) is 9.68. The summed E-state index contributed by atoms with van der Waals surface area (Å²) in [5.74, 6) is -1.44. The predicted octanol–water partition coefficient (Wildman–Crippen LogP) is 5.62. The third-order valence-corrected chi connectivity index (χ3v) is 7.02. The number of nitrogens with one attached hydrogen (secondary N) is 1. The Morgan fingerprint density at radius 3 is 2.48 bits per heavy atom. The number of rotatable bonds is 9. The van der Waals surface area contributed by atoms with Crippen LogP contribution in [0.15, 0.2) is 65.7 Å². The quantitative estimate of drug-likeness (QED) is 0.223. The van der Waals surface area contributed by atoms with Crippen LogP contribution in [-0.4, -0.2) is 39.8 Å². The van der Waals surface area contributed by atoms with Gasteiger partial charge in [-0.3, -0.25) is 14.6 Å². The van der Waals surface area contributed by atoms with Gasteiger partial charge in [0.2, 0.25) is 5.43 Å². The van der Waals surface area contributed by atoms with Gasteiger partial charge in [-0.1, -0.05) is 6.07 Å². The molecule has 0 radical (unpaired) electrons. The lowest BCUT2D eigenvalue weighted by molar-refractivity contribution is 0.102. The van der Waals surface area contributed by atoms with Crippen LogP contribution in [0.4, 0.5) is 14.5 Å². The number of amides is 1. The molecular formula is C32H28F2N4O6. The maximum Gasteiger partial charge on any atom is 0.261 e. The van der Waals surface area contributed by atoms with Crippen molar-refractivity contribution in [3.05, 3.63) is 99.6 Å². The first-order valence-electron chi connectivity index (χ1n) is 13.5. The minimum absolute atomic E-state index is 0.0668. The lowest BCUT2D eigenvalue weighted by Crippen LogP contribution is -2.27. The summed E-state index contributed by atoms with van der Waals surface area (Å²) in [6, 6.07) is 10.8. The smallest absolute Gasteiger partial charge is 0.261 e. The maximum atomic E-state index is 15.2. The second kappa shape index (κ2) is 12.5. The number of carbonyl (C=O) groups excluding carboxylic acids is 1. The Morgan fingerprint density at radius 1 is 1.02 bits per heavy atom. The third kappa shape index (κ3) is 5.66. The van der Waals surface area contributed by atoms with Crippen molar-refractivity contribution in [2.24, 2.45) is 0 Å². The Morgan fingerprint density at radius 2 is 1.82 bits per heavy atom. The Kier molecular flexibility index (Phi) is 8.54. The van der Waals surface area contributed by atoms with E-state index in [1.165, 1.54) is 63.0 Å². The number of fused-ring (bicyclic) bond motifs is 1. The fraction of sp³-hybridized carbons (Fsp3) is 0.188. The molecule has 226 valence electrons. The lowest BCUT2D eigenvalue weighted by Gasteiger charge is -2.18. The molecule has 0 atom stereocenters. The van der Waals surface area contributed by atoms with E-state index >= 15 is 4.39 Å². The van der Waals surface area contributed by atoms with Crippen LogP contribution in [0.5, 0.6) is 23.1 Å². The summed E-state index contributed by atoms with van der Waals surface area (Å²) in [6.07, 6.45) is 2.81. The normalized spacial score (nSPS) is 11.0. The number of hydrogen-bond acceptors (Lipinski definition) is 8. The third-order valence-electron chi connectivity index (χ3n) is 7.02. The minimum atomic E-state index is -0.794. The molecule has 10 nitrogen and oxygen atoms in total. The average molecular weight is 603 g/mol. The molecule has 2 aromatic carbocycles. The summed E-state index contributed by atoms with van der Waals surface area (Å²) >= 11 is 0. The SMILES string of the molecule is CCn1cc(C(=O)Nc2ccc(Oc3ccnc4cc(OC)c(OC)nc34)c(F)c2)c(=O)c(-c2ccc(F)cc2C)c1CO. The van der Waals surface area contributed by atoms with E-state index in [2.05, 4.69) is 15.3 Å². The maximum absolute atomic E-state index is 15.2. The van der Waals surface area contributed by atoms with Gasteiger partial charge >= 0.3 is 0 Å². The summed E-state index contributed by atoms with van der Waals surface area (Å²) in [4.78, 5) is 35.6. The van der Waals surface area contributed by atoms with Crippen molar-refractivity contribution in [3.63, 3.8) is 0 Å². The monoisotopic (exact) mass is 602 g/mol. The summed E-state index contributed by atoms with van der Waals surface area (Å²) in [5.41, 5.74) is 1.14. The molecule has 3 heterocycles. The van der Waals surface area contributed by atoms with Crippen LogP contribution in [0.2, 0.25) is 0 Å². The van der Waals surface area contributed by atoms with Crippen molar-refractivity contribution in [1.82, 2.24) is 14.5 Å². The number of methoxy groups -OCH3 is 2. The molecule has 0 bridgehead atoms. The van der Waals surface area contributed by atoms with Crippen molar-refractivity contribution in [2.75, 3.05) is 19.5 Å². The zero-order valence-electron chi connectivity index (χ0n) is 24.3. The molecule has 0 aliphatic rings. The molecule has 0 spiro atoms. The highest BCUT2D eigenvalue weighted by atomic mass is 19.1. The highest BCUT2D eigenvalue weighted by Gasteiger charge is 2.22. The van der Waals surface area contributed by atoms with Crippen LogP contribution in [0, 0.1) is 18.6 Å². The first-order chi connectivity index (χ1) is 21.2. The number of aliphatic hydroxyl groups is 1. The fourth-order valence-corrected chi connectivity index (χ4v) is 4.87. The number of nitrogens with zero attached hydrogens (tertiary/aromatic N) is 3. The van der Waals surface area contributed by atoms with Crippen LogP contribution in [-0.2, 0) is 13.2 Å². The average Bonchev–Trinajstić information content (AvgIpc) is 3.01. The molecular weight excluding hydrogens is 574 g/mol. The summed E-state index contributed by atoms with van der Waals surface area (Å²) in [6.45, 7) is 3.27. The van der Waals surface area contributed by atoms with Crippen LogP contribution in [0.1, 0.15) is 28.5 Å². The number of hydrogen-bond donors (Lipinski definition) is 2. The van der Waals surface area contributed by atoms with E-state index < -0.39 is 29.6 Å². The zero-order valence-corrected chi connectivity index (χ0v) is 24.3. The number of carbonyl (C=O) groups is 1. The first-order valence-corrected chi connectivity index (χ1v) is 13.5. The van der Waals surface area contributed by atoms with Crippen molar-refractivity contribution >= 4 is 22.6 Å². The molecule has 0 aliphatic carbocycles. The molecule has 2 N–H and O–H groups in total. The molecule has 1 amide bonds. The highest BCUT2D eigenvalue weighted by molar-refractivity contribution is 6.05. The molecule has 44 heavy (non-hydrogen) atoms. The van der Waals surface area contributed by atoms with Gasteiger partial charge < -0.3 is 29.2 Å². The molecule has 0 aliphatic heterocycles. The lowest BCUT2D eigenvalue weighted by atomic mass is 9.96. The van der Waals surface area contributed by atoms with E-state index in [4.69, 9.17) is 14.2 Å². The molecule has 5 rings (SSSR count). The Bertz CT molecular complexity index is 1960. The molecule has 0 saturated carbocycles. The van der Waals surface area contributed by atoms with Crippen molar-refractivity contribution in [3.8, 4) is 34.3 Å². The number of pyridine rings is 3. The van der Waals surface area contributed by atoms with Gasteiger partial charge in [-0.2, -0.15) is 0 Å². The Balaban J connectivity index is 1.46. The molecule has 3 aromatic heterocycles. The zero-order chi connectivity index (χ0) is 31.5. The molecule has 0 unspecified atom stereocenters. The molecule has 12 heteroatoms. The Labute approximate surface area is 250 Å². The fourth-order valence-electron chi connectivity index (χ4n) is 4.87. The largest absolute Gasteiger partial charge is 0.491 e. The van der Waals surface area contributed by atoms with Gasteiger partial charge in [-0.05, 0) is 49.2 Å². The number of anilines is 1. The topological polar surface area (TPSA) is 125 Å². The van der Waals surface area contributed by atoms with E-state index in [9.17, 15) is 19.1 Å². The van der Waals surface area contributed by atoms with Crippen molar-refractivity contribution < 1.29 is 32.9 Å². The second-order valence-electron chi connectivity index (χ2n) is 9.68. The number of halogens is 2. The number of aromatic nitrogens is 3. The summed E-state index contributed by atoms with van der Waals surface area (Å²) < 4.78 is 46.9. The van der Waals surface area contributed by atoms with E-state index in [-0.39, 0.29) is 39.9 Å². The summed E-state index contributed by atoms with van der Waals surface area (Å²) in [7, 11) is 2.90. The molecule has 5 aromatic rings. The van der Waals surface area contributed by atoms with Gasteiger partial charge in [0.15, 0.2) is 23.1 Å². The first kappa shape index (κ1) is 30.1. The van der Waals surface area contributed by atoms with E-state index in [1.807, 2.05) is 0 Å². The van der Waals surface area contributed by atoms with Gasteiger partial charge in [0.25, 0.3) is 11.8 Å². The van der Waals surface area contributed by atoms with Crippen LogP contribution in [0.25, 0.3) is 22.2 Å². The highest BCUT2D eigenvalue weighted by Crippen LogP contribution is 2.35. The van der Waals surface area contributed by atoms with E-state index in [0.29, 0.717) is 34.5 Å². The van der Waals surface area contributed by atoms with Gasteiger partial charge in [-0.25, -0.2) is 13.8 Å². The van der Waals surface area contributed by atoms with Crippen LogP contribution >= 0.6 is 0 Å². The van der Waals surface area contributed by atoms with Crippen LogP contribution in [0.3, 0.4) is 0 Å². The number of benzene rings is 2. The predicted molar refractivity (Wildman–Crippen MR) is 159 cm³/mol. The Hall–Kier alpha value is -5.36. The standard InChI is InChI=1S/C32H28F2N4O6/c1-5-38-15-21(30(40)28(24(38)16-39)20-8-6-18(33)12-17(20)2)31(41)36-19-7-9-25(22(34)13-19)44-26-10-11-35-23-14-27(42-3)32(43-4)37-29(23)26/h6-15,39H,5,16H2,1-4H3,(H,36,41). The van der Waals surface area contributed by atoms with Gasteiger partial charge in [0.05, 0.1) is 37.6 Å². The number of ether oxygens (including phenoxy) is 3. The minimum Gasteiger partial charge on any atom is -0.491 e. The van der Waals surface area contributed by atoms with Gasteiger partial charge in [0, 0.05) is 42.8 Å². The van der Waals surface area contributed by atoms with E-state index in [1.54, 1.807) is 24.5 Å². The van der Waals surface area contributed by atoms with Gasteiger partial charge in [0.1, 0.15) is 16.9 Å². The number of aryl methyl sites for hydroxylation is 2. The molecule has 0 fully saturated rings. The van der Waals surface area contributed by atoms with Gasteiger partial charge in [-0.15, -0.1) is 0 Å². The number of aliphatic hydroxyl groups excluding tert-OH is 1. The van der Waals surface area contributed by atoms with Crippen LogP contribution < -0.4 is 25.0 Å². The molecule has 0 saturated heterocycles. The van der Waals surface area contributed by atoms with Crippen molar-refractivity contribution in [1.29, 1.82) is 0 Å².